The molecule has 1 atom stereocenters. The molecule has 2 N–H and O–H groups in total. The van der Waals surface area contributed by atoms with Crippen molar-refractivity contribution in [1.29, 1.82) is 0 Å². The van der Waals surface area contributed by atoms with Gasteiger partial charge >= 0.3 is 6.03 Å². The van der Waals surface area contributed by atoms with Gasteiger partial charge in [0, 0.05) is 32.2 Å². The molecule has 0 spiro atoms. The molecule has 0 saturated carbocycles. The third-order valence-corrected chi connectivity index (χ3v) is 5.01. The standard InChI is InChI=1S/C15H27N5O4S/c1-11(2)9-20-14(7-12(3)18-20)17-15(21)16-8-13-10-19(5-6-24-13)25(4,22)23/h7,11,13H,5-6,8-10H2,1-4H3,(H2,16,17,21)/t13-/m1/s1. The largest absolute Gasteiger partial charge is 0.374 e. The van der Waals surface area contributed by atoms with E-state index in [0.717, 1.165) is 5.69 Å². The molecule has 1 aromatic rings. The van der Waals surface area contributed by atoms with Crippen LogP contribution in [0.4, 0.5) is 10.6 Å². The summed E-state index contributed by atoms with van der Waals surface area (Å²) in [7, 11) is -3.25. The fourth-order valence-electron chi connectivity index (χ4n) is 2.62. The van der Waals surface area contributed by atoms with E-state index < -0.39 is 10.0 Å². The number of amides is 2. The zero-order valence-electron chi connectivity index (χ0n) is 15.2. The SMILES string of the molecule is Cc1cc(NC(=O)NC[C@@H]2CN(S(C)(=O)=O)CCO2)n(CC(C)C)n1. The van der Waals surface area contributed by atoms with Crippen LogP contribution < -0.4 is 10.6 Å². The molecule has 0 unspecified atom stereocenters. The lowest BCUT2D eigenvalue weighted by molar-refractivity contribution is 0.00167. The number of nitrogens with one attached hydrogen (secondary N) is 2. The minimum absolute atomic E-state index is 0.231. The molecule has 0 bridgehead atoms. The maximum Gasteiger partial charge on any atom is 0.320 e. The monoisotopic (exact) mass is 373 g/mol. The topological polar surface area (TPSA) is 106 Å². The number of aryl methyl sites for hydroxylation is 1. The summed E-state index contributed by atoms with van der Waals surface area (Å²) in [5, 5.41) is 9.87. The molecule has 1 fully saturated rings. The van der Waals surface area contributed by atoms with E-state index in [1.165, 1.54) is 10.6 Å². The van der Waals surface area contributed by atoms with Crippen LogP contribution in [0, 0.1) is 12.8 Å². The third kappa shape index (κ3) is 5.98. The Morgan fingerprint density at radius 1 is 1.48 bits per heavy atom. The van der Waals surface area contributed by atoms with Crippen LogP contribution in [0.15, 0.2) is 6.07 Å². The summed E-state index contributed by atoms with van der Waals surface area (Å²) in [6.45, 7) is 7.87. The molecule has 1 aliphatic heterocycles. The lowest BCUT2D eigenvalue weighted by atomic mass is 10.2. The van der Waals surface area contributed by atoms with Crippen LogP contribution >= 0.6 is 0 Å². The summed E-state index contributed by atoms with van der Waals surface area (Å²) < 4.78 is 31.8. The first kappa shape index (κ1) is 19.7. The van der Waals surface area contributed by atoms with E-state index in [1.54, 1.807) is 4.68 Å². The fourth-order valence-corrected chi connectivity index (χ4v) is 3.46. The zero-order valence-corrected chi connectivity index (χ0v) is 16.0. The summed E-state index contributed by atoms with van der Waals surface area (Å²) in [5.41, 5.74) is 0.829. The minimum atomic E-state index is -3.25. The average Bonchev–Trinajstić information content (AvgIpc) is 2.83. The normalized spacial score (nSPS) is 19.2. The smallest absolute Gasteiger partial charge is 0.320 e. The number of hydrogen-bond donors (Lipinski definition) is 2. The van der Waals surface area contributed by atoms with E-state index in [0.29, 0.717) is 31.4 Å². The van der Waals surface area contributed by atoms with E-state index >= 15 is 0 Å². The van der Waals surface area contributed by atoms with Crippen molar-refractivity contribution in [2.24, 2.45) is 5.92 Å². The molecule has 1 saturated heterocycles. The van der Waals surface area contributed by atoms with Crippen LogP contribution in [0.5, 0.6) is 0 Å². The molecular formula is C15H27N5O4S. The molecule has 2 rings (SSSR count). The number of urea groups is 1. The third-order valence-electron chi connectivity index (χ3n) is 3.74. The Balaban J connectivity index is 1.87. The highest BCUT2D eigenvalue weighted by Crippen LogP contribution is 2.13. The minimum Gasteiger partial charge on any atom is -0.374 e. The van der Waals surface area contributed by atoms with Crippen molar-refractivity contribution in [3.63, 3.8) is 0 Å². The van der Waals surface area contributed by atoms with E-state index in [4.69, 9.17) is 4.74 Å². The van der Waals surface area contributed by atoms with Crippen molar-refractivity contribution in [2.45, 2.75) is 33.4 Å². The van der Waals surface area contributed by atoms with Crippen molar-refractivity contribution in [1.82, 2.24) is 19.4 Å². The van der Waals surface area contributed by atoms with Crippen LogP contribution in [-0.2, 0) is 21.3 Å². The molecule has 0 radical (unpaired) electrons. The van der Waals surface area contributed by atoms with Gasteiger partial charge in [-0.3, -0.25) is 5.32 Å². The van der Waals surface area contributed by atoms with Gasteiger partial charge in [-0.2, -0.15) is 9.40 Å². The number of nitrogens with zero attached hydrogens (tertiary/aromatic N) is 3. The molecule has 142 valence electrons. The first-order chi connectivity index (χ1) is 11.6. The maximum absolute atomic E-state index is 12.1. The molecule has 25 heavy (non-hydrogen) atoms. The molecular weight excluding hydrogens is 346 g/mol. The molecule has 2 heterocycles. The van der Waals surface area contributed by atoms with Gasteiger partial charge in [-0.15, -0.1) is 0 Å². The fraction of sp³-hybridized carbons (Fsp3) is 0.733. The average molecular weight is 373 g/mol. The summed E-state index contributed by atoms with van der Waals surface area (Å²) in [4.78, 5) is 12.1. The van der Waals surface area contributed by atoms with Crippen LogP contribution in [-0.4, -0.2) is 67.1 Å². The van der Waals surface area contributed by atoms with Gasteiger partial charge in [0.2, 0.25) is 10.0 Å². The summed E-state index contributed by atoms with van der Waals surface area (Å²) in [6, 6.07) is 1.44. The van der Waals surface area contributed by atoms with Crippen molar-refractivity contribution in [2.75, 3.05) is 37.8 Å². The predicted octanol–water partition coefficient (Wildman–Crippen LogP) is 0.629. The molecule has 10 heteroatoms. The van der Waals surface area contributed by atoms with Crippen LogP contribution in [0.25, 0.3) is 0 Å². The number of rotatable bonds is 6. The van der Waals surface area contributed by atoms with Gasteiger partial charge < -0.3 is 10.1 Å². The Morgan fingerprint density at radius 2 is 2.20 bits per heavy atom. The second-order valence-electron chi connectivity index (χ2n) is 6.70. The van der Waals surface area contributed by atoms with Gasteiger partial charge in [0.05, 0.1) is 24.7 Å². The Morgan fingerprint density at radius 3 is 2.84 bits per heavy atom. The van der Waals surface area contributed by atoms with Crippen molar-refractivity contribution >= 4 is 21.9 Å². The highest BCUT2D eigenvalue weighted by molar-refractivity contribution is 7.88. The Bertz CT molecular complexity index is 701. The Hall–Kier alpha value is -1.65. The molecule has 1 aromatic heterocycles. The molecule has 9 nitrogen and oxygen atoms in total. The van der Waals surface area contributed by atoms with Crippen molar-refractivity contribution < 1.29 is 17.9 Å². The number of morpholine rings is 1. The van der Waals surface area contributed by atoms with Crippen molar-refractivity contribution in [3.8, 4) is 0 Å². The van der Waals surface area contributed by atoms with Gasteiger partial charge in [0.25, 0.3) is 0 Å². The van der Waals surface area contributed by atoms with Crippen LogP contribution in [0.3, 0.4) is 0 Å². The number of carbonyl (C=O) groups excluding carboxylic acids is 1. The first-order valence-corrected chi connectivity index (χ1v) is 10.2. The number of anilines is 1. The van der Waals surface area contributed by atoms with Crippen molar-refractivity contribution in [3.05, 3.63) is 11.8 Å². The van der Waals surface area contributed by atoms with Gasteiger partial charge in [-0.05, 0) is 12.8 Å². The summed E-state index contributed by atoms with van der Waals surface area (Å²) in [6.07, 6.45) is 0.810. The highest BCUT2D eigenvalue weighted by Gasteiger charge is 2.26. The number of hydrogen-bond acceptors (Lipinski definition) is 5. The first-order valence-electron chi connectivity index (χ1n) is 8.31. The second-order valence-corrected chi connectivity index (χ2v) is 8.68. The second kappa shape index (κ2) is 8.15. The van der Waals surface area contributed by atoms with E-state index in [1.807, 2.05) is 13.0 Å². The predicted molar refractivity (Wildman–Crippen MR) is 95.0 cm³/mol. The quantitative estimate of drug-likeness (QED) is 0.761. The van der Waals surface area contributed by atoms with E-state index in [9.17, 15) is 13.2 Å². The van der Waals surface area contributed by atoms with Crippen LogP contribution in [0.2, 0.25) is 0 Å². The van der Waals surface area contributed by atoms with Gasteiger partial charge in [-0.1, -0.05) is 13.8 Å². The van der Waals surface area contributed by atoms with E-state index in [-0.39, 0.29) is 25.2 Å². The number of aromatic nitrogens is 2. The zero-order chi connectivity index (χ0) is 18.6. The van der Waals surface area contributed by atoms with Gasteiger partial charge in [0.15, 0.2) is 0 Å². The number of carbonyl (C=O) groups is 1. The molecule has 0 aliphatic carbocycles. The van der Waals surface area contributed by atoms with Gasteiger partial charge in [-0.25, -0.2) is 17.9 Å². The number of sulfonamides is 1. The van der Waals surface area contributed by atoms with Crippen LogP contribution in [0.1, 0.15) is 19.5 Å². The molecule has 1 aliphatic rings. The Labute approximate surface area is 148 Å². The van der Waals surface area contributed by atoms with Gasteiger partial charge in [0.1, 0.15) is 5.82 Å². The highest BCUT2D eigenvalue weighted by atomic mass is 32.2. The lowest BCUT2D eigenvalue weighted by Crippen LogP contribution is -2.49. The lowest BCUT2D eigenvalue weighted by Gasteiger charge is -2.31. The summed E-state index contributed by atoms with van der Waals surface area (Å²) >= 11 is 0. The summed E-state index contributed by atoms with van der Waals surface area (Å²) in [5.74, 6) is 1.03. The van der Waals surface area contributed by atoms with E-state index in [2.05, 4.69) is 29.6 Å². The molecule has 2 amide bonds. The Kier molecular flexibility index (Phi) is 6.42. The maximum atomic E-state index is 12.1. The number of ether oxygens (including phenoxy) is 1. The molecule has 0 aromatic carbocycles.